The van der Waals surface area contributed by atoms with Gasteiger partial charge in [-0.15, -0.1) is 11.3 Å². The number of nitrogens with zero attached hydrogens (tertiary/aromatic N) is 2. The van der Waals surface area contributed by atoms with Gasteiger partial charge in [0.2, 0.25) is 10.0 Å². The van der Waals surface area contributed by atoms with Crippen molar-refractivity contribution < 1.29 is 31.2 Å². The van der Waals surface area contributed by atoms with Crippen LogP contribution in [0.1, 0.15) is 19.3 Å². The van der Waals surface area contributed by atoms with E-state index < -0.39 is 38.3 Å². The molecule has 2 aliphatic heterocycles. The minimum atomic E-state index is -3.99. The molecular formula is C15H22BrN3O7S3. The number of hydrogen-bond donors (Lipinski definition) is 1. The van der Waals surface area contributed by atoms with Crippen molar-refractivity contribution in [1.29, 1.82) is 0 Å². The van der Waals surface area contributed by atoms with Gasteiger partial charge in [-0.3, -0.25) is 4.79 Å². The molecule has 1 N–H and O–H groups in total. The van der Waals surface area contributed by atoms with Gasteiger partial charge in [-0.25, -0.2) is 27.2 Å². The zero-order valence-electron chi connectivity index (χ0n) is 15.6. The van der Waals surface area contributed by atoms with Gasteiger partial charge >= 0.3 is 0 Å². The van der Waals surface area contributed by atoms with E-state index in [0.717, 1.165) is 39.0 Å². The van der Waals surface area contributed by atoms with Crippen molar-refractivity contribution in [2.75, 3.05) is 32.5 Å². The third kappa shape index (κ3) is 5.55. The van der Waals surface area contributed by atoms with Crippen LogP contribution in [0.5, 0.6) is 0 Å². The molecule has 0 aromatic carbocycles. The van der Waals surface area contributed by atoms with Crippen LogP contribution < -0.4 is 5.48 Å². The second-order valence-electron chi connectivity index (χ2n) is 6.69. The molecule has 14 heteroatoms. The molecule has 1 amide bonds. The molecule has 2 atom stereocenters. The first kappa shape index (κ1) is 23.1. The average Bonchev–Trinajstić information content (AvgIpc) is 3.13. The van der Waals surface area contributed by atoms with Crippen LogP contribution in [0.3, 0.4) is 0 Å². The lowest BCUT2D eigenvalue weighted by Crippen LogP contribution is -2.61. The van der Waals surface area contributed by atoms with Crippen molar-refractivity contribution >= 4 is 53.2 Å². The summed E-state index contributed by atoms with van der Waals surface area (Å²) in [4.78, 5) is 18.1. The Morgan fingerprint density at radius 3 is 2.62 bits per heavy atom. The van der Waals surface area contributed by atoms with E-state index in [4.69, 9.17) is 9.57 Å². The maximum atomic E-state index is 13.1. The van der Waals surface area contributed by atoms with Gasteiger partial charge < -0.3 is 4.74 Å². The van der Waals surface area contributed by atoms with Crippen molar-refractivity contribution in [2.24, 2.45) is 0 Å². The van der Waals surface area contributed by atoms with Crippen LogP contribution in [-0.4, -0.2) is 76.2 Å². The Morgan fingerprint density at radius 2 is 2.03 bits per heavy atom. The van der Waals surface area contributed by atoms with Crippen LogP contribution >= 0.6 is 27.3 Å². The molecule has 29 heavy (non-hydrogen) atoms. The molecule has 1 unspecified atom stereocenters. The van der Waals surface area contributed by atoms with Crippen molar-refractivity contribution in [3.8, 4) is 0 Å². The number of halogens is 1. The predicted molar refractivity (Wildman–Crippen MR) is 109 cm³/mol. The Bertz CT molecular complexity index is 944. The highest BCUT2D eigenvalue weighted by Gasteiger charge is 2.43. The number of nitrogens with one attached hydrogen (secondary N) is 1. The van der Waals surface area contributed by atoms with Crippen molar-refractivity contribution in [2.45, 2.75) is 35.8 Å². The van der Waals surface area contributed by atoms with Gasteiger partial charge in [0.15, 0.2) is 6.29 Å². The van der Waals surface area contributed by atoms with Gasteiger partial charge in [0, 0.05) is 32.7 Å². The number of rotatable bonds is 6. The second-order valence-corrected chi connectivity index (χ2v) is 13.3. The van der Waals surface area contributed by atoms with Crippen LogP contribution in [0.4, 0.5) is 0 Å². The largest absolute Gasteiger partial charge is 0.350 e. The third-order valence-electron chi connectivity index (χ3n) is 4.61. The van der Waals surface area contributed by atoms with Gasteiger partial charge in [0.05, 0.1) is 10.0 Å². The average molecular weight is 532 g/mol. The smallest absolute Gasteiger partial charge is 0.263 e. The highest BCUT2D eigenvalue weighted by atomic mass is 79.9. The second kappa shape index (κ2) is 9.26. The van der Waals surface area contributed by atoms with E-state index in [1.165, 1.54) is 6.07 Å². The van der Waals surface area contributed by atoms with Crippen molar-refractivity contribution in [1.82, 2.24) is 14.1 Å². The molecule has 1 aromatic rings. The zero-order valence-corrected chi connectivity index (χ0v) is 19.6. The molecule has 0 bridgehead atoms. The summed E-state index contributed by atoms with van der Waals surface area (Å²) in [6.45, 7) is 0.0226. The van der Waals surface area contributed by atoms with Crippen LogP contribution in [0, 0.1) is 0 Å². The number of piperazine rings is 1. The van der Waals surface area contributed by atoms with Gasteiger partial charge in [-0.2, -0.15) is 8.61 Å². The normalized spacial score (nSPS) is 25.0. The van der Waals surface area contributed by atoms with Gasteiger partial charge in [-0.1, -0.05) is 0 Å². The van der Waals surface area contributed by atoms with E-state index >= 15 is 0 Å². The summed E-state index contributed by atoms with van der Waals surface area (Å²) in [6, 6.07) is 1.77. The van der Waals surface area contributed by atoms with E-state index in [-0.39, 0.29) is 23.8 Å². The number of thiophene rings is 1. The van der Waals surface area contributed by atoms with Crippen LogP contribution in [-0.2, 0) is 34.4 Å². The fourth-order valence-corrected chi connectivity index (χ4v) is 7.63. The highest BCUT2D eigenvalue weighted by molar-refractivity contribution is 9.11. The Labute approximate surface area is 182 Å². The van der Waals surface area contributed by atoms with Crippen LogP contribution in [0.25, 0.3) is 0 Å². The SMILES string of the molecule is CS(=O)(=O)N1CCN(S(=O)(=O)c2ccc(Br)s2)[C@@H](C(=O)NOC2CCCCO2)C1. The fraction of sp³-hybridized carbons (Fsp3) is 0.667. The molecular weight excluding hydrogens is 510 g/mol. The van der Waals surface area contributed by atoms with Crippen molar-refractivity contribution in [3.05, 3.63) is 15.9 Å². The molecule has 0 aliphatic carbocycles. The summed E-state index contributed by atoms with van der Waals surface area (Å²) < 4.78 is 58.3. The fourth-order valence-electron chi connectivity index (χ4n) is 3.09. The topological polar surface area (TPSA) is 122 Å². The van der Waals surface area contributed by atoms with Gasteiger partial charge in [0.1, 0.15) is 10.3 Å². The Hall–Kier alpha value is -0.610. The molecule has 1 aromatic heterocycles. The molecule has 3 rings (SSSR count). The number of amides is 1. The van der Waals surface area contributed by atoms with E-state index in [2.05, 4.69) is 21.4 Å². The van der Waals surface area contributed by atoms with Crippen LogP contribution in [0.15, 0.2) is 20.1 Å². The number of ether oxygens (including phenoxy) is 1. The maximum Gasteiger partial charge on any atom is 0.263 e. The minimum Gasteiger partial charge on any atom is -0.350 e. The summed E-state index contributed by atoms with van der Waals surface area (Å²) in [7, 11) is -7.59. The molecule has 0 spiro atoms. The Balaban J connectivity index is 1.80. The number of carbonyl (C=O) groups is 1. The van der Waals surface area contributed by atoms with E-state index in [1.54, 1.807) is 6.07 Å². The molecule has 2 aliphatic rings. The zero-order chi connectivity index (χ0) is 21.2. The van der Waals surface area contributed by atoms with Gasteiger partial charge in [0.25, 0.3) is 15.9 Å². The number of sulfonamides is 2. The molecule has 0 saturated carbocycles. The Kier molecular flexibility index (Phi) is 7.36. The van der Waals surface area contributed by atoms with E-state index in [1.807, 2.05) is 0 Å². The summed E-state index contributed by atoms with van der Waals surface area (Å²) in [5, 5.41) is 0. The maximum absolute atomic E-state index is 13.1. The first-order chi connectivity index (χ1) is 13.6. The number of carbonyl (C=O) groups excluding carboxylic acids is 1. The Morgan fingerprint density at radius 1 is 1.28 bits per heavy atom. The standard InChI is InChI=1S/C15H22BrN3O7S3/c1-28(21,22)18-7-8-19(29(23,24)14-6-5-12(16)27-14)11(10-18)15(20)17-26-13-4-2-3-9-25-13/h5-6,11,13H,2-4,7-10H2,1H3,(H,17,20)/t11-,13?/m1/s1. The van der Waals surface area contributed by atoms with Gasteiger partial charge in [-0.05, 0) is 40.9 Å². The monoisotopic (exact) mass is 531 g/mol. The van der Waals surface area contributed by atoms with Crippen molar-refractivity contribution in [3.63, 3.8) is 0 Å². The highest BCUT2D eigenvalue weighted by Crippen LogP contribution is 2.30. The molecule has 10 nitrogen and oxygen atoms in total. The lowest BCUT2D eigenvalue weighted by molar-refractivity contribution is -0.202. The summed E-state index contributed by atoms with van der Waals surface area (Å²) >= 11 is 4.25. The summed E-state index contributed by atoms with van der Waals surface area (Å²) in [5.74, 6) is -0.744. The first-order valence-corrected chi connectivity index (χ1v) is 13.8. The van der Waals surface area contributed by atoms with Crippen LogP contribution in [0.2, 0.25) is 0 Å². The first-order valence-electron chi connectivity index (χ1n) is 8.88. The lowest BCUT2D eigenvalue weighted by atomic mass is 10.2. The molecule has 164 valence electrons. The molecule has 0 radical (unpaired) electrons. The van der Waals surface area contributed by atoms with E-state index in [0.29, 0.717) is 16.8 Å². The molecule has 2 fully saturated rings. The van der Waals surface area contributed by atoms with E-state index in [9.17, 15) is 21.6 Å². The number of hydroxylamine groups is 1. The quantitative estimate of drug-likeness (QED) is 0.536. The summed E-state index contributed by atoms with van der Waals surface area (Å²) in [6.07, 6.45) is 2.81. The molecule has 2 saturated heterocycles. The summed E-state index contributed by atoms with van der Waals surface area (Å²) in [5.41, 5.74) is 2.26. The lowest BCUT2D eigenvalue weighted by Gasteiger charge is -2.38. The molecule has 3 heterocycles. The predicted octanol–water partition coefficient (Wildman–Crippen LogP) is 0.719. The third-order valence-corrected chi connectivity index (χ3v) is 9.87. The number of hydrogen-bond acceptors (Lipinski definition) is 8. The minimum absolute atomic E-state index is 0.0407.